The summed E-state index contributed by atoms with van der Waals surface area (Å²) in [6.07, 6.45) is 0. The van der Waals surface area contributed by atoms with Gasteiger partial charge in [-0.15, -0.1) is 0 Å². The summed E-state index contributed by atoms with van der Waals surface area (Å²) in [4.78, 5) is 15.3. The molecule has 21 heavy (non-hydrogen) atoms. The fourth-order valence-electron chi connectivity index (χ4n) is 2.64. The van der Waals surface area contributed by atoms with Crippen molar-refractivity contribution in [2.75, 3.05) is 45.7 Å². The van der Waals surface area contributed by atoms with E-state index in [1.165, 1.54) is 9.80 Å². The summed E-state index contributed by atoms with van der Waals surface area (Å²) in [6, 6.07) is 5.14. The standard InChI is InChI=1S/C15H22ClN3O2/c1-11(19-8-6-18(2)7-9-19)15(20)17-13-10-12(16)4-5-14(13)21-3/h4-5,10-11H,6-9H2,1-3H3,(H,17,20)/p+2/t11-/m1/s1. The highest BCUT2D eigenvalue weighted by molar-refractivity contribution is 6.31. The molecule has 1 aromatic rings. The molecule has 3 N–H and O–H groups in total. The maximum Gasteiger partial charge on any atom is 0.282 e. The topological polar surface area (TPSA) is 47.2 Å². The molecule has 1 aromatic carbocycles. The predicted octanol–water partition coefficient (Wildman–Crippen LogP) is -0.911. The normalized spacial score (nSPS) is 23.4. The number of hydrogen-bond acceptors (Lipinski definition) is 2. The Morgan fingerprint density at radius 1 is 1.33 bits per heavy atom. The lowest BCUT2D eigenvalue weighted by molar-refractivity contribution is -1.01. The van der Waals surface area contributed by atoms with E-state index in [2.05, 4.69) is 12.4 Å². The Balaban J connectivity index is 2.02. The first-order chi connectivity index (χ1) is 10.0. The van der Waals surface area contributed by atoms with Gasteiger partial charge in [-0.05, 0) is 25.1 Å². The molecule has 0 radical (unpaired) electrons. The van der Waals surface area contributed by atoms with Crippen molar-refractivity contribution in [1.29, 1.82) is 0 Å². The third kappa shape index (κ3) is 4.09. The zero-order valence-corrected chi connectivity index (χ0v) is 13.6. The van der Waals surface area contributed by atoms with E-state index >= 15 is 0 Å². The minimum Gasteiger partial charge on any atom is -0.495 e. The first-order valence-electron chi connectivity index (χ1n) is 7.31. The van der Waals surface area contributed by atoms with Crippen LogP contribution in [0.1, 0.15) is 6.92 Å². The van der Waals surface area contributed by atoms with E-state index in [1.54, 1.807) is 25.3 Å². The summed E-state index contributed by atoms with van der Waals surface area (Å²) < 4.78 is 5.26. The summed E-state index contributed by atoms with van der Waals surface area (Å²) in [6.45, 7) is 6.23. The first kappa shape index (κ1) is 16.1. The smallest absolute Gasteiger partial charge is 0.282 e. The summed E-state index contributed by atoms with van der Waals surface area (Å²) in [5.41, 5.74) is 0.626. The number of benzene rings is 1. The fraction of sp³-hybridized carbons (Fsp3) is 0.533. The molecule has 1 amide bonds. The van der Waals surface area contributed by atoms with E-state index in [0.717, 1.165) is 26.2 Å². The van der Waals surface area contributed by atoms with E-state index in [-0.39, 0.29) is 11.9 Å². The van der Waals surface area contributed by atoms with Gasteiger partial charge in [0.25, 0.3) is 5.91 Å². The van der Waals surface area contributed by atoms with Gasteiger partial charge in [-0.25, -0.2) is 0 Å². The number of nitrogens with one attached hydrogen (secondary N) is 3. The number of anilines is 1. The molecule has 1 heterocycles. The number of methoxy groups -OCH3 is 1. The molecule has 1 saturated heterocycles. The number of amides is 1. The minimum absolute atomic E-state index is 0.00474. The molecular formula is C15H24ClN3O2+2. The van der Waals surface area contributed by atoms with Gasteiger partial charge in [0.15, 0.2) is 6.04 Å². The highest BCUT2D eigenvalue weighted by Crippen LogP contribution is 2.27. The average Bonchev–Trinajstić information content (AvgIpc) is 2.47. The van der Waals surface area contributed by atoms with E-state index in [0.29, 0.717) is 16.5 Å². The lowest BCUT2D eigenvalue weighted by Crippen LogP contribution is -3.29. The Morgan fingerprint density at radius 2 is 2.00 bits per heavy atom. The maximum atomic E-state index is 12.4. The van der Waals surface area contributed by atoms with Gasteiger partial charge < -0.3 is 19.9 Å². The van der Waals surface area contributed by atoms with Gasteiger partial charge in [-0.1, -0.05) is 11.6 Å². The van der Waals surface area contributed by atoms with Gasteiger partial charge in [-0.2, -0.15) is 0 Å². The molecule has 1 aliphatic heterocycles. The van der Waals surface area contributed by atoms with Crippen molar-refractivity contribution in [2.24, 2.45) is 0 Å². The molecule has 2 rings (SSSR count). The van der Waals surface area contributed by atoms with Crippen molar-refractivity contribution >= 4 is 23.2 Å². The van der Waals surface area contributed by atoms with Gasteiger partial charge in [-0.3, -0.25) is 4.79 Å². The van der Waals surface area contributed by atoms with Crippen LogP contribution >= 0.6 is 11.6 Å². The van der Waals surface area contributed by atoms with Crippen molar-refractivity contribution in [3.8, 4) is 5.75 Å². The van der Waals surface area contributed by atoms with Crippen LogP contribution in [0.3, 0.4) is 0 Å². The number of piperazine rings is 1. The highest BCUT2D eigenvalue weighted by atomic mass is 35.5. The highest BCUT2D eigenvalue weighted by Gasteiger charge is 2.30. The summed E-state index contributed by atoms with van der Waals surface area (Å²) >= 11 is 5.99. The van der Waals surface area contributed by atoms with Gasteiger partial charge in [0.1, 0.15) is 31.9 Å². The Morgan fingerprint density at radius 3 is 2.62 bits per heavy atom. The Labute approximate surface area is 130 Å². The van der Waals surface area contributed by atoms with Gasteiger partial charge in [0.05, 0.1) is 19.8 Å². The predicted molar refractivity (Wildman–Crippen MR) is 83.4 cm³/mol. The summed E-state index contributed by atoms with van der Waals surface area (Å²) in [7, 11) is 3.77. The molecule has 116 valence electrons. The second kappa shape index (κ2) is 7.11. The fourth-order valence-corrected chi connectivity index (χ4v) is 2.81. The van der Waals surface area contributed by atoms with Crippen molar-refractivity contribution in [1.82, 2.24) is 0 Å². The lowest BCUT2D eigenvalue weighted by Gasteiger charge is -2.30. The zero-order valence-electron chi connectivity index (χ0n) is 12.8. The second-order valence-electron chi connectivity index (χ2n) is 5.67. The molecule has 0 aromatic heterocycles. The third-order valence-electron chi connectivity index (χ3n) is 4.17. The summed E-state index contributed by atoms with van der Waals surface area (Å²) in [5, 5.41) is 3.51. The molecule has 0 bridgehead atoms. The maximum absolute atomic E-state index is 12.4. The molecule has 0 unspecified atom stereocenters. The molecular weight excluding hydrogens is 290 g/mol. The van der Waals surface area contributed by atoms with E-state index < -0.39 is 0 Å². The molecule has 1 aliphatic rings. The number of carbonyl (C=O) groups excluding carboxylic acids is 1. The molecule has 1 atom stereocenters. The number of hydrogen-bond donors (Lipinski definition) is 3. The van der Waals surface area contributed by atoms with Crippen LogP contribution in [0.15, 0.2) is 18.2 Å². The quantitative estimate of drug-likeness (QED) is 0.674. The van der Waals surface area contributed by atoms with E-state index in [9.17, 15) is 4.79 Å². The van der Waals surface area contributed by atoms with Gasteiger partial charge in [0.2, 0.25) is 0 Å². The number of carbonyl (C=O) groups is 1. The van der Waals surface area contributed by atoms with E-state index in [4.69, 9.17) is 16.3 Å². The van der Waals surface area contributed by atoms with Crippen molar-refractivity contribution < 1.29 is 19.3 Å². The molecule has 0 aliphatic carbocycles. The number of halogens is 1. The molecule has 6 heteroatoms. The summed E-state index contributed by atoms with van der Waals surface area (Å²) in [5.74, 6) is 0.628. The largest absolute Gasteiger partial charge is 0.495 e. The molecule has 0 saturated carbocycles. The minimum atomic E-state index is -0.0817. The molecule has 5 nitrogen and oxygen atoms in total. The Hall–Kier alpha value is -1.30. The number of rotatable bonds is 4. The van der Waals surface area contributed by atoms with E-state index in [1.807, 2.05) is 6.92 Å². The van der Waals surface area contributed by atoms with Crippen LogP contribution in [0.25, 0.3) is 0 Å². The Bertz CT molecular complexity index is 502. The zero-order chi connectivity index (χ0) is 15.4. The third-order valence-corrected chi connectivity index (χ3v) is 4.41. The van der Waals surface area contributed by atoms with Crippen LogP contribution in [-0.2, 0) is 4.79 Å². The van der Waals surface area contributed by atoms with Crippen molar-refractivity contribution in [3.63, 3.8) is 0 Å². The van der Waals surface area contributed by atoms with Crippen LogP contribution in [0.2, 0.25) is 5.02 Å². The van der Waals surface area contributed by atoms with Crippen LogP contribution in [0.5, 0.6) is 5.75 Å². The first-order valence-corrected chi connectivity index (χ1v) is 7.69. The number of ether oxygens (including phenoxy) is 1. The number of likely N-dealkylation sites (N-methyl/N-ethyl adjacent to an activating group) is 1. The SMILES string of the molecule is COc1ccc(Cl)cc1NC(=O)[C@@H](C)[NH+]1CC[NH+](C)CC1. The Kier molecular flexibility index (Phi) is 5.45. The second-order valence-corrected chi connectivity index (χ2v) is 6.11. The monoisotopic (exact) mass is 313 g/mol. The van der Waals surface area contributed by atoms with Crippen molar-refractivity contribution in [3.05, 3.63) is 23.2 Å². The number of quaternary nitrogens is 2. The van der Waals surface area contributed by atoms with Crippen molar-refractivity contribution in [2.45, 2.75) is 13.0 Å². The van der Waals surface area contributed by atoms with Crippen LogP contribution in [-0.4, -0.2) is 52.3 Å². The van der Waals surface area contributed by atoms with Gasteiger partial charge >= 0.3 is 0 Å². The average molecular weight is 314 g/mol. The molecule has 0 spiro atoms. The van der Waals surface area contributed by atoms with Gasteiger partial charge in [0, 0.05) is 5.02 Å². The molecule has 1 fully saturated rings. The van der Waals surface area contributed by atoms with Crippen LogP contribution in [0.4, 0.5) is 5.69 Å². The lowest BCUT2D eigenvalue weighted by atomic mass is 10.2. The van der Waals surface area contributed by atoms with Crippen LogP contribution in [0, 0.1) is 0 Å². The van der Waals surface area contributed by atoms with Crippen LogP contribution < -0.4 is 19.9 Å².